The van der Waals surface area contributed by atoms with Gasteiger partial charge < -0.3 is 5.11 Å². The van der Waals surface area contributed by atoms with Crippen LogP contribution in [-0.2, 0) is 21.4 Å². The summed E-state index contributed by atoms with van der Waals surface area (Å²) in [7, 11) is -1.65. The zero-order valence-corrected chi connectivity index (χ0v) is 11.8. The summed E-state index contributed by atoms with van der Waals surface area (Å²) in [4.78, 5) is 11.2. The smallest absolute Gasteiger partial charge is 0.328 e. The minimum Gasteiger partial charge on any atom is -0.478 e. The highest BCUT2D eigenvalue weighted by Gasteiger charge is 2.15. The Hall–Kier alpha value is -1.18. The second-order valence-electron chi connectivity index (χ2n) is 3.67. The third kappa shape index (κ3) is 4.25. The van der Waals surface area contributed by atoms with Crippen LogP contribution in [0.3, 0.4) is 0 Å². The predicted octanol–water partition coefficient (Wildman–Crippen LogP) is 1.63. The highest BCUT2D eigenvalue weighted by Crippen LogP contribution is 2.18. The maximum Gasteiger partial charge on any atom is 0.328 e. The van der Waals surface area contributed by atoms with E-state index in [1.165, 1.54) is 28.8 Å². The lowest BCUT2D eigenvalue weighted by Crippen LogP contribution is -2.27. The normalized spacial score (nSPS) is 12.4. The Morgan fingerprint density at radius 3 is 2.78 bits per heavy atom. The van der Waals surface area contributed by atoms with Crippen LogP contribution in [-0.4, -0.2) is 36.6 Å². The van der Waals surface area contributed by atoms with Gasteiger partial charge in [-0.1, -0.05) is 0 Å². The first-order valence-corrected chi connectivity index (χ1v) is 7.76. The number of rotatable bonds is 6. The first-order chi connectivity index (χ1) is 8.35. The minimum absolute atomic E-state index is 0.0701. The highest BCUT2D eigenvalue weighted by atomic mass is 32.2. The number of hydrogen-bond acceptors (Lipinski definition) is 4. The van der Waals surface area contributed by atoms with Crippen molar-refractivity contribution in [2.24, 2.45) is 0 Å². The van der Waals surface area contributed by atoms with Crippen LogP contribution < -0.4 is 0 Å². The molecule has 0 radical (unpaired) electrons. The lowest BCUT2D eigenvalue weighted by Gasteiger charge is -2.14. The maximum atomic E-state index is 11.6. The number of hydrogen-bond donors (Lipinski definition) is 1. The molecule has 0 fully saturated rings. The Morgan fingerprint density at radius 1 is 1.56 bits per heavy atom. The number of carboxylic acid groups (broad SMARTS) is 1. The van der Waals surface area contributed by atoms with Crippen LogP contribution >= 0.6 is 11.3 Å². The quantitative estimate of drug-likeness (QED) is 0.808. The molecule has 0 aromatic carbocycles. The molecule has 5 nitrogen and oxygen atoms in total. The van der Waals surface area contributed by atoms with E-state index in [4.69, 9.17) is 5.11 Å². The van der Waals surface area contributed by atoms with Gasteiger partial charge in [-0.05, 0) is 30.0 Å². The second-order valence-corrected chi connectivity index (χ2v) is 7.03. The fourth-order valence-electron chi connectivity index (χ4n) is 1.27. The zero-order chi connectivity index (χ0) is 13.8. The van der Waals surface area contributed by atoms with Crippen LogP contribution in [0.5, 0.6) is 0 Å². The molecule has 1 aromatic heterocycles. The molecule has 0 unspecified atom stereocenters. The highest BCUT2D eigenvalue weighted by molar-refractivity contribution is 7.89. The molecule has 0 saturated heterocycles. The summed E-state index contributed by atoms with van der Waals surface area (Å²) < 4.78 is 24.4. The summed E-state index contributed by atoms with van der Waals surface area (Å²) in [5.74, 6) is -0.936. The van der Waals surface area contributed by atoms with Crippen molar-refractivity contribution in [2.45, 2.75) is 13.5 Å². The number of nitrogens with zero attached hydrogens (tertiary/aromatic N) is 1. The summed E-state index contributed by atoms with van der Waals surface area (Å²) in [5.41, 5.74) is 0.764. The average Bonchev–Trinajstić information content (AvgIpc) is 2.74. The van der Waals surface area contributed by atoms with E-state index in [1.807, 2.05) is 0 Å². The van der Waals surface area contributed by atoms with Gasteiger partial charge in [0.1, 0.15) is 0 Å². The topological polar surface area (TPSA) is 74.7 Å². The molecule has 1 aromatic rings. The number of aliphatic carboxylic acids is 1. The minimum atomic E-state index is -3.18. The number of thiophene rings is 1. The third-order valence-corrected chi connectivity index (χ3v) is 5.06. The van der Waals surface area contributed by atoms with Gasteiger partial charge in [0.25, 0.3) is 0 Å². The summed E-state index contributed by atoms with van der Waals surface area (Å²) >= 11 is 1.41. The predicted molar refractivity (Wildman–Crippen MR) is 71.9 cm³/mol. The Labute approximate surface area is 110 Å². The number of sulfonamides is 1. The Balaban J connectivity index is 2.73. The third-order valence-electron chi connectivity index (χ3n) is 2.31. The van der Waals surface area contributed by atoms with Gasteiger partial charge in [0.2, 0.25) is 10.0 Å². The lowest BCUT2D eigenvalue weighted by molar-refractivity contribution is -0.131. The van der Waals surface area contributed by atoms with Crippen LogP contribution in [0.2, 0.25) is 0 Å². The Bertz CT molecular complexity index is 545. The molecule has 0 aliphatic rings. The Morgan fingerprint density at radius 2 is 2.22 bits per heavy atom. The van der Waals surface area contributed by atoms with Gasteiger partial charge in [0, 0.05) is 24.5 Å². The van der Waals surface area contributed by atoms with E-state index in [2.05, 4.69) is 0 Å². The molecule has 0 bridgehead atoms. The molecule has 1 heterocycles. The van der Waals surface area contributed by atoms with Crippen LogP contribution in [0.25, 0.3) is 6.08 Å². The summed E-state index contributed by atoms with van der Waals surface area (Å²) in [6.07, 6.45) is 2.54. The second kappa shape index (κ2) is 6.12. The van der Waals surface area contributed by atoms with E-state index in [0.717, 1.165) is 16.5 Å². The monoisotopic (exact) mass is 289 g/mol. The van der Waals surface area contributed by atoms with Crippen molar-refractivity contribution >= 4 is 33.4 Å². The largest absolute Gasteiger partial charge is 0.478 e. The molecular formula is C11H15NO4S2. The van der Waals surface area contributed by atoms with Gasteiger partial charge in [0.15, 0.2) is 0 Å². The molecule has 1 rings (SSSR count). The van der Waals surface area contributed by atoms with Gasteiger partial charge in [0.05, 0.1) is 5.75 Å². The van der Waals surface area contributed by atoms with Crippen LogP contribution in [0.1, 0.15) is 17.4 Å². The molecule has 0 aliphatic heterocycles. The molecule has 0 atom stereocenters. The maximum absolute atomic E-state index is 11.6. The van der Waals surface area contributed by atoms with Crippen molar-refractivity contribution in [3.63, 3.8) is 0 Å². The average molecular weight is 289 g/mol. The van der Waals surface area contributed by atoms with Gasteiger partial charge in [-0.2, -0.15) is 4.31 Å². The molecule has 0 amide bonds. The van der Waals surface area contributed by atoms with E-state index in [-0.39, 0.29) is 5.75 Å². The molecule has 0 aliphatic carbocycles. The van der Waals surface area contributed by atoms with Crippen molar-refractivity contribution in [3.8, 4) is 0 Å². The molecule has 1 N–H and O–H groups in total. The Kier molecular flexibility index (Phi) is 5.06. The lowest BCUT2D eigenvalue weighted by atomic mass is 10.3. The van der Waals surface area contributed by atoms with E-state index in [9.17, 15) is 13.2 Å². The fourth-order valence-corrected chi connectivity index (χ4v) is 3.04. The fraction of sp³-hybridized carbons (Fsp3) is 0.364. The molecule has 0 saturated carbocycles. The molecule has 18 heavy (non-hydrogen) atoms. The molecule has 100 valence electrons. The van der Waals surface area contributed by atoms with E-state index in [1.54, 1.807) is 18.4 Å². The molecular weight excluding hydrogens is 274 g/mol. The van der Waals surface area contributed by atoms with Gasteiger partial charge in [-0.25, -0.2) is 13.2 Å². The SMILES string of the molecule is CCS(=O)(=O)N(C)Cc1cc(C=CC(=O)O)cs1. The summed E-state index contributed by atoms with van der Waals surface area (Å²) in [6.45, 7) is 1.91. The van der Waals surface area contributed by atoms with Gasteiger partial charge >= 0.3 is 5.97 Å². The first-order valence-electron chi connectivity index (χ1n) is 5.27. The van der Waals surface area contributed by atoms with Crippen LogP contribution in [0.15, 0.2) is 17.5 Å². The first kappa shape index (κ1) is 14.9. The van der Waals surface area contributed by atoms with Crippen molar-refractivity contribution in [1.29, 1.82) is 0 Å². The summed E-state index contributed by atoms with van der Waals surface area (Å²) in [6, 6.07) is 1.78. The standard InChI is InChI=1S/C11H15NO4S2/c1-3-18(15,16)12(2)7-10-6-9(8-17-10)4-5-11(13)14/h4-6,8H,3,7H2,1-2H3,(H,13,14). The number of carboxylic acids is 1. The van der Waals surface area contributed by atoms with Crippen LogP contribution in [0.4, 0.5) is 0 Å². The van der Waals surface area contributed by atoms with Crippen molar-refractivity contribution in [3.05, 3.63) is 28.0 Å². The van der Waals surface area contributed by atoms with Crippen molar-refractivity contribution in [1.82, 2.24) is 4.31 Å². The zero-order valence-electron chi connectivity index (χ0n) is 10.2. The van der Waals surface area contributed by atoms with Gasteiger partial charge in [-0.3, -0.25) is 0 Å². The van der Waals surface area contributed by atoms with E-state index < -0.39 is 16.0 Å². The van der Waals surface area contributed by atoms with Crippen molar-refractivity contribution in [2.75, 3.05) is 12.8 Å². The molecule has 7 heteroatoms. The van der Waals surface area contributed by atoms with Crippen LogP contribution in [0, 0.1) is 0 Å². The number of carbonyl (C=O) groups is 1. The van der Waals surface area contributed by atoms with E-state index >= 15 is 0 Å². The molecule has 0 spiro atoms. The summed E-state index contributed by atoms with van der Waals surface area (Å²) in [5, 5.41) is 10.3. The van der Waals surface area contributed by atoms with E-state index in [0.29, 0.717) is 6.54 Å². The van der Waals surface area contributed by atoms with Gasteiger partial charge in [-0.15, -0.1) is 11.3 Å². The van der Waals surface area contributed by atoms with Crippen molar-refractivity contribution < 1.29 is 18.3 Å².